The van der Waals surface area contributed by atoms with E-state index in [1.54, 1.807) is 31.3 Å². The molecule has 4 heteroatoms. The molecule has 0 aromatic heterocycles. The molecule has 13 heavy (non-hydrogen) atoms. The highest BCUT2D eigenvalue weighted by Gasteiger charge is 2.03. The van der Waals surface area contributed by atoms with Gasteiger partial charge in [-0.15, -0.1) is 0 Å². The van der Waals surface area contributed by atoms with Crippen molar-refractivity contribution in [1.29, 1.82) is 5.26 Å². The largest absolute Gasteiger partial charge is 0.205 e. The topological polar surface area (TPSA) is 36.1 Å². The van der Waals surface area contributed by atoms with Gasteiger partial charge in [-0.25, -0.2) is 0 Å². The number of benzene rings is 1. The standard InChI is InChI=1S/C9H6Cl2N2/c1-6(13-5-12)8-3-2-7(10)4-9(8)11/h2-4H,1H3. The van der Waals surface area contributed by atoms with Crippen molar-refractivity contribution in [2.75, 3.05) is 0 Å². The highest BCUT2D eigenvalue weighted by molar-refractivity contribution is 6.37. The maximum atomic E-state index is 8.34. The normalized spacial score (nSPS) is 11.1. The van der Waals surface area contributed by atoms with E-state index in [0.29, 0.717) is 15.8 Å². The molecule has 0 aliphatic carbocycles. The first-order valence-corrected chi connectivity index (χ1v) is 4.29. The molecular weight excluding hydrogens is 207 g/mol. The molecule has 0 atom stereocenters. The van der Waals surface area contributed by atoms with Gasteiger partial charge in [-0.3, -0.25) is 0 Å². The van der Waals surface area contributed by atoms with Gasteiger partial charge in [0.05, 0.1) is 10.7 Å². The van der Waals surface area contributed by atoms with Gasteiger partial charge in [0.25, 0.3) is 0 Å². The van der Waals surface area contributed by atoms with Crippen molar-refractivity contribution in [1.82, 2.24) is 0 Å². The molecule has 0 saturated carbocycles. The second-order valence-electron chi connectivity index (χ2n) is 2.42. The highest BCUT2D eigenvalue weighted by atomic mass is 35.5. The minimum atomic E-state index is 0.504. The van der Waals surface area contributed by atoms with E-state index in [9.17, 15) is 0 Å². The minimum Gasteiger partial charge on any atom is -0.178 e. The van der Waals surface area contributed by atoms with Crippen LogP contribution in [0.3, 0.4) is 0 Å². The predicted molar refractivity (Wildman–Crippen MR) is 54.3 cm³/mol. The van der Waals surface area contributed by atoms with Crippen molar-refractivity contribution < 1.29 is 0 Å². The van der Waals surface area contributed by atoms with Crippen molar-refractivity contribution in [3.63, 3.8) is 0 Å². The maximum absolute atomic E-state index is 8.34. The molecule has 1 aromatic carbocycles. The zero-order valence-corrected chi connectivity index (χ0v) is 8.39. The average molecular weight is 213 g/mol. The van der Waals surface area contributed by atoms with E-state index in [-0.39, 0.29) is 0 Å². The van der Waals surface area contributed by atoms with Crippen LogP contribution in [0.2, 0.25) is 10.0 Å². The SMILES string of the molecule is CC(=NC#N)c1ccc(Cl)cc1Cl. The Kier molecular flexibility index (Phi) is 3.30. The second kappa shape index (κ2) is 4.27. The van der Waals surface area contributed by atoms with Crippen molar-refractivity contribution >= 4 is 28.9 Å². The molecule has 1 aromatic rings. The third-order valence-electron chi connectivity index (χ3n) is 1.54. The molecule has 0 bridgehead atoms. The molecule has 0 heterocycles. The fourth-order valence-corrected chi connectivity index (χ4v) is 1.46. The van der Waals surface area contributed by atoms with Crippen LogP contribution in [0.5, 0.6) is 0 Å². The summed E-state index contributed by atoms with van der Waals surface area (Å²) in [5, 5.41) is 9.41. The monoisotopic (exact) mass is 212 g/mol. The summed E-state index contributed by atoms with van der Waals surface area (Å²) in [5.41, 5.74) is 1.32. The van der Waals surface area contributed by atoms with Crippen LogP contribution in [0.25, 0.3) is 0 Å². The van der Waals surface area contributed by atoms with Crippen LogP contribution in [-0.4, -0.2) is 5.71 Å². The summed E-state index contributed by atoms with van der Waals surface area (Å²) in [6.45, 7) is 1.72. The summed E-state index contributed by atoms with van der Waals surface area (Å²) in [7, 11) is 0. The van der Waals surface area contributed by atoms with Crippen LogP contribution in [0.1, 0.15) is 12.5 Å². The number of nitriles is 1. The molecular formula is C9H6Cl2N2. The van der Waals surface area contributed by atoms with Crippen molar-refractivity contribution in [3.05, 3.63) is 33.8 Å². The van der Waals surface area contributed by atoms with Crippen LogP contribution in [-0.2, 0) is 0 Å². The summed E-state index contributed by atoms with van der Waals surface area (Å²) < 4.78 is 0. The summed E-state index contributed by atoms with van der Waals surface area (Å²) in [6, 6.07) is 5.06. The number of rotatable bonds is 1. The lowest BCUT2D eigenvalue weighted by molar-refractivity contribution is 1.42. The predicted octanol–water partition coefficient (Wildman–Crippen LogP) is 3.28. The van der Waals surface area contributed by atoms with Crippen LogP contribution in [0, 0.1) is 11.5 Å². The van der Waals surface area contributed by atoms with E-state index in [2.05, 4.69) is 4.99 Å². The second-order valence-corrected chi connectivity index (χ2v) is 3.27. The first kappa shape index (κ1) is 10.0. The third kappa shape index (κ3) is 2.45. The lowest BCUT2D eigenvalue weighted by atomic mass is 10.1. The van der Waals surface area contributed by atoms with E-state index in [4.69, 9.17) is 28.5 Å². The summed E-state index contributed by atoms with van der Waals surface area (Å²) in [6.07, 6.45) is 1.70. The van der Waals surface area contributed by atoms with Crippen molar-refractivity contribution in [2.45, 2.75) is 6.92 Å². The smallest absolute Gasteiger partial charge is 0.178 e. The van der Waals surface area contributed by atoms with Crippen molar-refractivity contribution in [3.8, 4) is 6.19 Å². The molecule has 66 valence electrons. The number of nitrogens with zero attached hydrogens (tertiary/aromatic N) is 2. The number of hydrogen-bond acceptors (Lipinski definition) is 2. The van der Waals surface area contributed by atoms with Gasteiger partial charge in [0, 0.05) is 10.6 Å². The van der Waals surface area contributed by atoms with E-state index >= 15 is 0 Å². The van der Waals surface area contributed by atoms with Crippen molar-refractivity contribution in [2.24, 2.45) is 4.99 Å². The molecule has 0 N–H and O–H groups in total. The Bertz CT molecular complexity index is 391. The van der Waals surface area contributed by atoms with Gasteiger partial charge in [0.2, 0.25) is 6.19 Å². The van der Waals surface area contributed by atoms with E-state index in [1.807, 2.05) is 0 Å². The molecule has 0 unspecified atom stereocenters. The first-order valence-electron chi connectivity index (χ1n) is 3.54. The third-order valence-corrected chi connectivity index (χ3v) is 2.09. The Morgan fingerprint density at radius 3 is 2.69 bits per heavy atom. The van der Waals surface area contributed by atoms with Crippen LogP contribution < -0.4 is 0 Å². The first-order chi connectivity index (χ1) is 6.15. The van der Waals surface area contributed by atoms with E-state index < -0.39 is 0 Å². The molecule has 0 amide bonds. The van der Waals surface area contributed by atoms with E-state index in [0.717, 1.165) is 5.56 Å². The van der Waals surface area contributed by atoms with Gasteiger partial charge in [-0.1, -0.05) is 29.3 Å². The van der Waals surface area contributed by atoms with E-state index in [1.165, 1.54) is 0 Å². The molecule has 2 nitrogen and oxygen atoms in total. The zero-order valence-electron chi connectivity index (χ0n) is 6.88. The number of halogens is 2. The zero-order chi connectivity index (χ0) is 9.84. The summed E-state index contributed by atoms with van der Waals surface area (Å²) in [5.74, 6) is 0. The Hall–Kier alpha value is -1.04. The van der Waals surface area contributed by atoms with Crippen LogP contribution >= 0.6 is 23.2 Å². The summed E-state index contributed by atoms with van der Waals surface area (Å²) in [4.78, 5) is 3.58. The molecule has 0 saturated heterocycles. The van der Waals surface area contributed by atoms with Gasteiger partial charge >= 0.3 is 0 Å². The molecule has 0 fully saturated rings. The minimum absolute atomic E-state index is 0.504. The van der Waals surface area contributed by atoms with Gasteiger partial charge in [-0.2, -0.15) is 10.3 Å². The Morgan fingerprint density at radius 1 is 1.46 bits per heavy atom. The Labute approximate surface area is 86.4 Å². The Balaban J connectivity index is 3.18. The quantitative estimate of drug-likeness (QED) is 0.520. The maximum Gasteiger partial charge on any atom is 0.205 e. The van der Waals surface area contributed by atoms with Gasteiger partial charge in [-0.05, 0) is 19.1 Å². The molecule has 0 aliphatic heterocycles. The average Bonchev–Trinajstić information content (AvgIpc) is 2.04. The van der Waals surface area contributed by atoms with Gasteiger partial charge in [0.15, 0.2) is 0 Å². The molecule has 0 radical (unpaired) electrons. The lowest BCUT2D eigenvalue weighted by Gasteiger charge is -2.01. The molecule has 0 spiro atoms. The summed E-state index contributed by atoms with van der Waals surface area (Å²) >= 11 is 11.6. The molecule has 0 aliphatic rings. The number of hydrogen-bond donors (Lipinski definition) is 0. The van der Waals surface area contributed by atoms with Crippen LogP contribution in [0.15, 0.2) is 23.2 Å². The Morgan fingerprint density at radius 2 is 2.15 bits per heavy atom. The van der Waals surface area contributed by atoms with Gasteiger partial charge in [0.1, 0.15) is 0 Å². The van der Waals surface area contributed by atoms with Crippen LogP contribution in [0.4, 0.5) is 0 Å². The lowest BCUT2D eigenvalue weighted by Crippen LogP contribution is -1.94. The fraction of sp³-hybridized carbons (Fsp3) is 0.111. The number of aliphatic imine (C=N–C) groups is 1. The molecule has 1 rings (SSSR count). The fourth-order valence-electron chi connectivity index (χ4n) is 0.918. The van der Waals surface area contributed by atoms with Gasteiger partial charge < -0.3 is 0 Å². The highest BCUT2D eigenvalue weighted by Crippen LogP contribution is 2.21.